The first-order valence-corrected chi connectivity index (χ1v) is 3.74. The molecule has 0 saturated heterocycles. The van der Waals surface area contributed by atoms with Gasteiger partial charge in [-0.2, -0.15) is 0 Å². The Morgan fingerprint density at radius 1 is 1.20 bits per heavy atom. The van der Waals surface area contributed by atoms with Crippen LogP contribution in [0.4, 0.5) is 0 Å². The summed E-state index contributed by atoms with van der Waals surface area (Å²) in [7, 11) is 0. The van der Waals surface area contributed by atoms with Gasteiger partial charge in [-0.3, -0.25) is 0 Å². The van der Waals surface area contributed by atoms with E-state index in [0.29, 0.717) is 5.92 Å². The first-order valence-electron chi connectivity index (χ1n) is 3.74. The number of aliphatic hydroxyl groups is 1. The van der Waals surface area contributed by atoms with Crippen molar-refractivity contribution >= 4 is 12.4 Å². The minimum absolute atomic E-state index is 0. The fourth-order valence-electron chi connectivity index (χ4n) is 1.48. The van der Waals surface area contributed by atoms with Gasteiger partial charge in [-0.25, -0.2) is 0 Å². The van der Waals surface area contributed by atoms with Crippen LogP contribution in [0.2, 0.25) is 0 Å². The number of halogens is 1. The van der Waals surface area contributed by atoms with E-state index in [9.17, 15) is 0 Å². The first-order chi connectivity index (χ1) is 4.30. The van der Waals surface area contributed by atoms with Crippen molar-refractivity contribution in [2.75, 3.05) is 0 Å². The second-order valence-electron chi connectivity index (χ2n) is 2.89. The molecule has 3 heteroatoms. The van der Waals surface area contributed by atoms with Crippen molar-refractivity contribution in [3.05, 3.63) is 0 Å². The second kappa shape index (κ2) is 4.94. The van der Waals surface area contributed by atoms with Gasteiger partial charge >= 0.3 is 0 Å². The molecular formula is C7H16ClNO. The first kappa shape index (κ1) is 10.2. The van der Waals surface area contributed by atoms with Gasteiger partial charge in [-0.1, -0.05) is 19.3 Å². The van der Waals surface area contributed by atoms with Gasteiger partial charge in [0.15, 0.2) is 0 Å². The van der Waals surface area contributed by atoms with E-state index in [1.807, 2.05) is 0 Å². The average Bonchev–Trinajstić information content (AvgIpc) is 1.90. The molecule has 0 heterocycles. The van der Waals surface area contributed by atoms with Gasteiger partial charge < -0.3 is 10.8 Å². The molecule has 62 valence electrons. The lowest BCUT2D eigenvalue weighted by Gasteiger charge is -2.23. The van der Waals surface area contributed by atoms with E-state index in [1.54, 1.807) is 0 Å². The summed E-state index contributed by atoms with van der Waals surface area (Å²) in [4.78, 5) is 0. The molecule has 1 atom stereocenters. The Balaban J connectivity index is 0.000000810. The molecule has 0 amide bonds. The van der Waals surface area contributed by atoms with Crippen LogP contribution in [0.15, 0.2) is 0 Å². The van der Waals surface area contributed by atoms with Crippen LogP contribution >= 0.6 is 12.4 Å². The van der Waals surface area contributed by atoms with E-state index in [-0.39, 0.29) is 12.4 Å². The largest absolute Gasteiger partial charge is 0.379 e. The van der Waals surface area contributed by atoms with Crippen LogP contribution in [0.1, 0.15) is 32.1 Å². The van der Waals surface area contributed by atoms with Gasteiger partial charge in [0.05, 0.1) is 0 Å². The summed E-state index contributed by atoms with van der Waals surface area (Å²) in [6, 6.07) is 0. The van der Waals surface area contributed by atoms with Crippen molar-refractivity contribution in [3.8, 4) is 0 Å². The molecular weight excluding hydrogens is 150 g/mol. The zero-order valence-corrected chi connectivity index (χ0v) is 6.94. The third-order valence-electron chi connectivity index (χ3n) is 2.13. The van der Waals surface area contributed by atoms with Crippen molar-refractivity contribution < 1.29 is 5.11 Å². The Labute approximate surface area is 68.2 Å². The van der Waals surface area contributed by atoms with Gasteiger partial charge in [0.1, 0.15) is 6.23 Å². The molecule has 1 saturated carbocycles. The molecule has 1 rings (SSSR count). The van der Waals surface area contributed by atoms with Gasteiger partial charge in [0, 0.05) is 0 Å². The third kappa shape index (κ3) is 2.86. The van der Waals surface area contributed by atoms with E-state index < -0.39 is 6.23 Å². The highest BCUT2D eigenvalue weighted by Gasteiger charge is 2.17. The molecule has 2 nitrogen and oxygen atoms in total. The molecule has 1 aliphatic rings. The maximum Gasteiger partial charge on any atom is 0.105 e. The molecule has 0 aromatic heterocycles. The summed E-state index contributed by atoms with van der Waals surface area (Å²) in [5.74, 6) is 0.388. The van der Waals surface area contributed by atoms with Crippen LogP contribution < -0.4 is 5.73 Å². The summed E-state index contributed by atoms with van der Waals surface area (Å²) in [6.07, 6.45) is 5.50. The fourth-order valence-corrected chi connectivity index (χ4v) is 1.48. The highest BCUT2D eigenvalue weighted by molar-refractivity contribution is 5.85. The van der Waals surface area contributed by atoms with E-state index in [1.165, 1.54) is 19.3 Å². The Morgan fingerprint density at radius 2 is 1.70 bits per heavy atom. The highest BCUT2D eigenvalue weighted by Crippen LogP contribution is 2.24. The quantitative estimate of drug-likeness (QED) is 0.575. The van der Waals surface area contributed by atoms with E-state index in [4.69, 9.17) is 10.8 Å². The summed E-state index contributed by atoms with van der Waals surface area (Å²) >= 11 is 0. The third-order valence-corrected chi connectivity index (χ3v) is 2.13. The second-order valence-corrected chi connectivity index (χ2v) is 2.89. The Morgan fingerprint density at radius 3 is 2.00 bits per heavy atom. The molecule has 0 aliphatic heterocycles. The SMILES string of the molecule is Cl.NC(O)C1CCCCC1. The minimum atomic E-state index is -0.565. The van der Waals surface area contributed by atoms with Crippen LogP contribution in [-0.4, -0.2) is 11.3 Å². The lowest BCUT2D eigenvalue weighted by Crippen LogP contribution is -2.30. The van der Waals surface area contributed by atoms with Crippen LogP contribution in [-0.2, 0) is 0 Å². The van der Waals surface area contributed by atoms with Crippen LogP contribution in [0.25, 0.3) is 0 Å². The number of aliphatic hydroxyl groups excluding tert-OH is 1. The normalized spacial score (nSPS) is 23.4. The zero-order valence-electron chi connectivity index (χ0n) is 6.12. The number of hydrogen-bond acceptors (Lipinski definition) is 2. The lowest BCUT2D eigenvalue weighted by atomic mass is 9.88. The number of nitrogens with two attached hydrogens (primary N) is 1. The van der Waals surface area contributed by atoms with Gasteiger partial charge in [0.2, 0.25) is 0 Å². The predicted octanol–water partition coefficient (Wildman–Crippen LogP) is 1.27. The van der Waals surface area contributed by atoms with Gasteiger partial charge in [0.25, 0.3) is 0 Å². The standard InChI is InChI=1S/C7H15NO.ClH/c8-7(9)6-4-2-1-3-5-6;/h6-7,9H,1-5,8H2;1H. The summed E-state index contributed by atoms with van der Waals surface area (Å²) in [6.45, 7) is 0. The molecule has 0 aromatic rings. The van der Waals surface area contributed by atoms with Crippen LogP contribution in [0, 0.1) is 5.92 Å². The van der Waals surface area contributed by atoms with E-state index in [2.05, 4.69) is 0 Å². The lowest BCUT2D eigenvalue weighted by molar-refractivity contribution is 0.0906. The zero-order chi connectivity index (χ0) is 6.69. The predicted molar refractivity (Wildman–Crippen MR) is 44.0 cm³/mol. The van der Waals surface area contributed by atoms with Crippen molar-refractivity contribution in [3.63, 3.8) is 0 Å². The Hall–Kier alpha value is 0.210. The fraction of sp³-hybridized carbons (Fsp3) is 1.00. The molecule has 1 fully saturated rings. The molecule has 3 N–H and O–H groups in total. The topological polar surface area (TPSA) is 46.2 Å². The Bertz CT molecular complexity index is 81.7. The molecule has 0 radical (unpaired) electrons. The molecule has 1 unspecified atom stereocenters. The van der Waals surface area contributed by atoms with Crippen LogP contribution in [0.5, 0.6) is 0 Å². The number of rotatable bonds is 1. The summed E-state index contributed by atoms with van der Waals surface area (Å²) in [5.41, 5.74) is 5.32. The van der Waals surface area contributed by atoms with Crippen molar-refractivity contribution in [2.24, 2.45) is 11.7 Å². The van der Waals surface area contributed by atoms with Gasteiger partial charge in [-0.15, -0.1) is 12.4 Å². The van der Waals surface area contributed by atoms with Crippen molar-refractivity contribution in [1.82, 2.24) is 0 Å². The van der Waals surface area contributed by atoms with Crippen LogP contribution in [0.3, 0.4) is 0 Å². The van der Waals surface area contributed by atoms with Gasteiger partial charge in [-0.05, 0) is 18.8 Å². The molecule has 10 heavy (non-hydrogen) atoms. The summed E-state index contributed by atoms with van der Waals surface area (Å²) in [5, 5.41) is 8.95. The Kier molecular flexibility index (Phi) is 5.04. The summed E-state index contributed by atoms with van der Waals surface area (Å²) < 4.78 is 0. The van der Waals surface area contributed by atoms with E-state index in [0.717, 1.165) is 12.8 Å². The molecule has 0 bridgehead atoms. The molecule has 0 aromatic carbocycles. The van der Waals surface area contributed by atoms with Crippen molar-refractivity contribution in [1.29, 1.82) is 0 Å². The monoisotopic (exact) mass is 165 g/mol. The maximum atomic E-state index is 8.95. The number of hydrogen-bond donors (Lipinski definition) is 2. The maximum absolute atomic E-state index is 8.95. The van der Waals surface area contributed by atoms with Crippen molar-refractivity contribution in [2.45, 2.75) is 38.3 Å². The van der Waals surface area contributed by atoms with E-state index >= 15 is 0 Å². The molecule has 0 spiro atoms. The molecule has 1 aliphatic carbocycles. The minimum Gasteiger partial charge on any atom is -0.379 e. The smallest absolute Gasteiger partial charge is 0.105 e. The average molecular weight is 166 g/mol. The highest BCUT2D eigenvalue weighted by atomic mass is 35.5.